The SMILES string of the molecule is CC(Br)C(=O)N(C)Cc1ccc(Cl)s1. The predicted molar refractivity (Wildman–Crippen MR) is 64.2 cm³/mol. The summed E-state index contributed by atoms with van der Waals surface area (Å²) in [6.45, 7) is 2.44. The largest absolute Gasteiger partial charge is 0.340 e. The second kappa shape index (κ2) is 5.14. The van der Waals surface area contributed by atoms with Crippen molar-refractivity contribution in [3.63, 3.8) is 0 Å². The molecule has 0 N–H and O–H groups in total. The first-order valence-corrected chi connectivity index (χ1v) is 6.25. The van der Waals surface area contributed by atoms with E-state index in [9.17, 15) is 4.79 Å². The van der Waals surface area contributed by atoms with E-state index in [1.165, 1.54) is 11.3 Å². The van der Waals surface area contributed by atoms with Gasteiger partial charge in [-0.2, -0.15) is 0 Å². The number of amides is 1. The normalized spacial score (nSPS) is 12.6. The highest BCUT2D eigenvalue weighted by atomic mass is 79.9. The number of rotatable bonds is 3. The monoisotopic (exact) mass is 295 g/mol. The number of nitrogens with zero attached hydrogens (tertiary/aromatic N) is 1. The van der Waals surface area contributed by atoms with Gasteiger partial charge >= 0.3 is 0 Å². The quantitative estimate of drug-likeness (QED) is 0.785. The van der Waals surface area contributed by atoms with E-state index in [-0.39, 0.29) is 10.7 Å². The van der Waals surface area contributed by atoms with Gasteiger partial charge in [-0.05, 0) is 19.1 Å². The summed E-state index contributed by atoms with van der Waals surface area (Å²) in [6.07, 6.45) is 0. The molecule has 1 unspecified atom stereocenters. The van der Waals surface area contributed by atoms with Gasteiger partial charge in [-0.15, -0.1) is 11.3 Å². The van der Waals surface area contributed by atoms with Crippen LogP contribution >= 0.6 is 38.9 Å². The smallest absolute Gasteiger partial charge is 0.236 e. The third kappa shape index (κ3) is 3.26. The fourth-order valence-corrected chi connectivity index (χ4v) is 2.54. The van der Waals surface area contributed by atoms with E-state index in [0.717, 1.165) is 9.21 Å². The minimum atomic E-state index is -0.136. The molecule has 1 atom stereocenters. The Morgan fingerprint density at radius 2 is 2.36 bits per heavy atom. The van der Waals surface area contributed by atoms with Gasteiger partial charge in [0.15, 0.2) is 0 Å². The molecule has 1 amide bonds. The number of carbonyl (C=O) groups is 1. The number of alkyl halides is 1. The Morgan fingerprint density at radius 3 is 2.79 bits per heavy atom. The number of thiophene rings is 1. The first kappa shape index (κ1) is 12.0. The average Bonchev–Trinajstić information content (AvgIpc) is 2.49. The van der Waals surface area contributed by atoms with Gasteiger partial charge in [0, 0.05) is 11.9 Å². The van der Waals surface area contributed by atoms with Crippen LogP contribution in [-0.4, -0.2) is 22.7 Å². The molecule has 78 valence electrons. The molecule has 1 heterocycles. The van der Waals surface area contributed by atoms with Gasteiger partial charge in [0.1, 0.15) is 0 Å². The Balaban J connectivity index is 2.57. The molecular weight excluding hydrogens is 286 g/mol. The highest BCUT2D eigenvalue weighted by Gasteiger charge is 2.14. The molecule has 0 spiro atoms. The maximum atomic E-state index is 11.5. The summed E-state index contributed by atoms with van der Waals surface area (Å²) in [5.74, 6) is 0.0783. The molecule has 14 heavy (non-hydrogen) atoms. The lowest BCUT2D eigenvalue weighted by molar-refractivity contribution is -0.129. The van der Waals surface area contributed by atoms with E-state index < -0.39 is 0 Å². The van der Waals surface area contributed by atoms with Crippen LogP contribution in [0.2, 0.25) is 4.34 Å². The molecule has 2 nitrogen and oxygen atoms in total. The molecule has 0 fully saturated rings. The molecular formula is C9H11BrClNOS. The van der Waals surface area contributed by atoms with Gasteiger partial charge < -0.3 is 4.90 Å². The Morgan fingerprint density at radius 1 is 1.71 bits per heavy atom. The number of hydrogen-bond acceptors (Lipinski definition) is 2. The van der Waals surface area contributed by atoms with Crippen molar-refractivity contribution in [3.05, 3.63) is 21.3 Å². The zero-order valence-electron chi connectivity index (χ0n) is 7.96. The number of carbonyl (C=O) groups excluding carboxylic acids is 1. The maximum Gasteiger partial charge on any atom is 0.236 e. The highest BCUT2D eigenvalue weighted by molar-refractivity contribution is 9.10. The van der Waals surface area contributed by atoms with Gasteiger partial charge in [-0.25, -0.2) is 0 Å². The molecule has 0 saturated heterocycles. The average molecular weight is 297 g/mol. The molecule has 0 aromatic carbocycles. The Hall–Kier alpha value is -0.0600. The van der Waals surface area contributed by atoms with Crippen LogP contribution in [0.25, 0.3) is 0 Å². The summed E-state index contributed by atoms with van der Waals surface area (Å²) in [6, 6.07) is 3.78. The molecule has 0 saturated carbocycles. The second-order valence-electron chi connectivity index (χ2n) is 3.02. The van der Waals surface area contributed by atoms with Crippen molar-refractivity contribution in [2.75, 3.05) is 7.05 Å². The van der Waals surface area contributed by atoms with E-state index in [1.54, 1.807) is 11.9 Å². The summed E-state index contributed by atoms with van der Waals surface area (Å²) in [5, 5.41) is 0. The molecule has 1 aromatic heterocycles. The Labute approximate surface area is 101 Å². The third-order valence-electron chi connectivity index (χ3n) is 1.74. The van der Waals surface area contributed by atoms with Crippen LogP contribution in [-0.2, 0) is 11.3 Å². The Bertz CT molecular complexity index is 326. The zero-order valence-corrected chi connectivity index (χ0v) is 11.1. The molecule has 0 bridgehead atoms. The molecule has 0 radical (unpaired) electrons. The van der Waals surface area contributed by atoms with E-state index in [2.05, 4.69) is 15.9 Å². The maximum absolute atomic E-state index is 11.5. The van der Waals surface area contributed by atoms with E-state index in [1.807, 2.05) is 19.1 Å². The summed E-state index contributed by atoms with van der Waals surface area (Å²) < 4.78 is 0.757. The summed E-state index contributed by atoms with van der Waals surface area (Å²) in [4.78, 5) is 14.1. The first-order valence-electron chi connectivity index (χ1n) is 4.14. The van der Waals surface area contributed by atoms with Crippen molar-refractivity contribution < 1.29 is 4.79 Å². The van der Waals surface area contributed by atoms with Crippen LogP contribution < -0.4 is 0 Å². The molecule has 1 rings (SSSR count). The summed E-state index contributed by atoms with van der Waals surface area (Å²) in [7, 11) is 1.79. The van der Waals surface area contributed by atoms with Crippen molar-refractivity contribution in [1.29, 1.82) is 0 Å². The topological polar surface area (TPSA) is 20.3 Å². The van der Waals surface area contributed by atoms with Gasteiger partial charge in [-0.1, -0.05) is 27.5 Å². The van der Waals surface area contributed by atoms with Crippen molar-refractivity contribution in [3.8, 4) is 0 Å². The van der Waals surface area contributed by atoms with Crippen molar-refractivity contribution in [2.24, 2.45) is 0 Å². The highest BCUT2D eigenvalue weighted by Crippen LogP contribution is 2.22. The minimum Gasteiger partial charge on any atom is -0.340 e. The van der Waals surface area contributed by atoms with Crippen molar-refractivity contribution in [2.45, 2.75) is 18.3 Å². The predicted octanol–water partition coefficient (Wildman–Crippen LogP) is 3.14. The lowest BCUT2D eigenvalue weighted by Gasteiger charge is -2.17. The summed E-state index contributed by atoms with van der Waals surface area (Å²) >= 11 is 10.5. The van der Waals surface area contributed by atoms with Crippen molar-refractivity contribution in [1.82, 2.24) is 4.90 Å². The molecule has 5 heteroatoms. The molecule has 1 aromatic rings. The lowest BCUT2D eigenvalue weighted by atomic mass is 10.4. The molecule has 0 aliphatic carbocycles. The fourth-order valence-electron chi connectivity index (χ4n) is 1.05. The van der Waals surface area contributed by atoms with Gasteiger partial charge in [0.05, 0.1) is 15.7 Å². The third-order valence-corrected chi connectivity index (χ3v) is 3.35. The van der Waals surface area contributed by atoms with E-state index >= 15 is 0 Å². The van der Waals surface area contributed by atoms with Crippen LogP contribution in [0.3, 0.4) is 0 Å². The number of halogens is 2. The van der Waals surface area contributed by atoms with Gasteiger partial charge in [0.2, 0.25) is 5.91 Å². The van der Waals surface area contributed by atoms with Crippen LogP contribution in [0.15, 0.2) is 12.1 Å². The second-order valence-corrected chi connectivity index (χ2v) is 6.19. The molecule has 0 aliphatic rings. The van der Waals surface area contributed by atoms with Crippen molar-refractivity contribution >= 4 is 44.8 Å². The standard InChI is InChI=1S/C9H11BrClNOS/c1-6(10)9(13)12(2)5-7-3-4-8(11)14-7/h3-4,6H,5H2,1-2H3. The number of hydrogen-bond donors (Lipinski definition) is 0. The van der Waals surface area contributed by atoms with E-state index in [4.69, 9.17) is 11.6 Å². The first-order chi connectivity index (χ1) is 6.50. The minimum absolute atomic E-state index is 0.0783. The molecule has 0 aliphatic heterocycles. The van der Waals surface area contributed by atoms with Crippen LogP contribution in [0, 0.1) is 0 Å². The van der Waals surface area contributed by atoms with E-state index in [0.29, 0.717) is 6.54 Å². The lowest BCUT2D eigenvalue weighted by Crippen LogP contribution is -2.31. The summed E-state index contributed by atoms with van der Waals surface area (Å²) in [5.41, 5.74) is 0. The van der Waals surface area contributed by atoms with Gasteiger partial charge in [0.25, 0.3) is 0 Å². The van der Waals surface area contributed by atoms with Crippen LogP contribution in [0.5, 0.6) is 0 Å². The zero-order chi connectivity index (χ0) is 10.7. The van der Waals surface area contributed by atoms with Crippen LogP contribution in [0.1, 0.15) is 11.8 Å². The Kier molecular flexibility index (Phi) is 4.41. The van der Waals surface area contributed by atoms with Crippen LogP contribution in [0.4, 0.5) is 0 Å². The van der Waals surface area contributed by atoms with Gasteiger partial charge in [-0.3, -0.25) is 4.79 Å². The fraction of sp³-hybridized carbons (Fsp3) is 0.444.